The first-order valence-electron chi connectivity index (χ1n) is 9.95. The van der Waals surface area contributed by atoms with Crippen LogP contribution in [0, 0.1) is 23.2 Å². The van der Waals surface area contributed by atoms with Crippen molar-refractivity contribution in [3.8, 4) is 0 Å². The molecule has 0 aliphatic heterocycles. The molecule has 0 saturated heterocycles. The van der Waals surface area contributed by atoms with E-state index in [1.807, 2.05) is 12.1 Å². The van der Waals surface area contributed by atoms with E-state index < -0.39 is 0 Å². The van der Waals surface area contributed by atoms with Gasteiger partial charge in [0.1, 0.15) is 0 Å². The van der Waals surface area contributed by atoms with Crippen molar-refractivity contribution in [1.29, 1.82) is 0 Å². The van der Waals surface area contributed by atoms with Gasteiger partial charge < -0.3 is 15.7 Å². The molecule has 4 fully saturated rings. The van der Waals surface area contributed by atoms with E-state index in [4.69, 9.17) is 16.7 Å². The minimum Gasteiger partial charge on any atom is -0.395 e. The molecule has 4 nitrogen and oxygen atoms in total. The highest BCUT2D eigenvalue weighted by Crippen LogP contribution is 2.59. The summed E-state index contributed by atoms with van der Waals surface area (Å²) in [4.78, 5) is 12.8. The van der Waals surface area contributed by atoms with E-state index in [0.717, 1.165) is 29.9 Å². The second kappa shape index (κ2) is 7.49. The Morgan fingerprint density at radius 1 is 1.15 bits per heavy atom. The van der Waals surface area contributed by atoms with Crippen LogP contribution in [0.5, 0.6) is 0 Å². The van der Waals surface area contributed by atoms with Crippen LogP contribution in [0.4, 0.5) is 0 Å². The zero-order valence-electron chi connectivity index (χ0n) is 15.3. The average molecular weight is 377 g/mol. The van der Waals surface area contributed by atoms with Gasteiger partial charge in [0.15, 0.2) is 0 Å². The fraction of sp³-hybridized carbons (Fsp3) is 0.667. The van der Waals surface area contributed by atoms with Crippen LogP contribution in [-0.4, -0.2) is 30.7 Å². The third kappa shape index (κ3) is 3.78. The van der Waals surface area contributed by atoms with Gasteiger partial charge in [-0.05, 0) is 79.4 Å². The van der Waals surface area contributed by atoms with Gasteiger partial charge in [0.2, 0.25) is 0 Å². The normalized spacial score (nSPS) is 32.0. The maximum absolute atomic E-state index is 12.8. The van der Waals surface area contributed by atoms with Gasteiger partial charge in [0.25, 0.3) is 5.91 Å². The van der Waals surface area contributed by atoms with Crippen molar-refractivity contribution in [3.63, 3.8) is 0 Å². The van der Waals surface area contributed by atoms with Gasteiger partial charge in [0, 0.05) is 19.6 Å². The quantitative estimate of drug-likeness (QED) is 0.639. The first-order valence-corrected chi connectivity index (χ1v) is 10.3. The number of rotatable bonds is 7. The fourth-order valence-corrected chi connectivity index (χ4v) is 6.24. The molecule has 5 rings (SSSR count). The molecule has 3 N–H and O–H groups in total. The molecule has 1 aromatic rings. The Hall–Kier alpha value is -1.10. The minimum absolute atomic E-state index is 0.0604. The summed E-state index contributed by atoms with van der Waals surface area (Å²) in [5, 5.41) is 15.7. The predicted molar refractivity (Wildman–Crippen MR) is 103 cm³/mol. The summed E-state index contributed by atoms with van der Waals surface area (Å²) < 4.78 is 0. The summed E-state index contributed by atoms with van der Waals surface area (Å²) >= 11 is 6.29. The number of aliphatic hydroxyl groups excluding tert-OH is 1. The largest absolute Gasteiger partial charge is 0.395 e. The van der Waals surface area contributed by atoms with E-state index in [-0.39, 0.29) is 12.5 Å². The van der Waals surface area contributed by atoms with Gasteiger partial charge in [-0.1, -0.05) is 17.7 Å². The highest BCUT2D eigenvalue weighted by atomic mass is 35.5. The van der Waals surface area contributed by atoms with Gasteiger partial charge in [0.05, 0.1) is 17.2 Å². The Morgan fingerprint density at radius 2 is 1.81 bits per heavy atom. The first-order chi connectivity index (χ1) is 12.6. The standard InChI is InChI=1S/C21H29ClN2O2/c22-19-2-1-14(12-23-3-4-25)8-18(19)20(26)24-13-21-9-15-5-16(10-21)7-17(6-15)11-21/h1-2,8,15-17,23,25H,3-7,9-13H2,(H,24,26). The van der Waals surface area contributed by atoms with Gasteiger partial charge in [-0.3, -0.25) is 4.79 Å². The molecule has 0 spiro atoms. The summed E-state index contributed by atoms with van der Waals surface area (Å²) in [5.74, 6) is 2.61. The second-order valence-electron chi connectivity index (χ2n) is 8.81. The lowest BCUT2D eigenvalue weighted by molar-refractivity contribution is -0.0503. The van der Waals surface area contributed by atoms with E-state index in [0.29, 0.717) is 29.1 Å². The summed E-state index contributed by atoms with van der Waals surface area (Å²) in [5.41, 5.74) is 1.89. The van der Waals surface area contributed by atoms with E-state index in [1.54, 1.807) is 6.07 Å². The van der Waals surface area contributed by atoms with Crippen LogP contribution in [0.1, 0.15) is 54.4 Å². The molecule has 0 aromatic heterocycles. The van der Waals surface area contributed by atoms with Gasteiger partial charge in [-0.15, -0.1) is 0 Å². The maximum Gasteiger partial charge on any atom is 0.252 e. The van der Waals surface area contributed by atoms with Crippen molar-refractivity contribution in [2.45, 2.75) is 45.1 Å². The van der Waals surface area contributed by atoms with Crippen LogP contribution >= 0.6 is 11.6 Å². The Kier molecular flexibility index (Phi) is 5.27. The van der Waals surface area contributed by atoms with Crippen LogP contribution in [-0.2, 0) is 6.54 Å². The summed E-state index contributed by atoms with van der Waals surface area (Å²) in [6.45, 7) is 2.05. The van der Waals surface area contributed by atoms with Crippen molar-refractivity contribution < 1.29 is 9.90 Å². The van der Waals surface area contributed by atoms with E-state index >= 15 is 0 Å². The van der Waals surface area contributed by atoms with Gasteiger partial charge in [-0.25, -0.2) is 0 Å². The molecule has 142 valence electrons. The Morgan fingerprint density at radius 3 is 2.42 bits per heavy atom. The van der Waals surface area contributed by atoms with Crippen LogP contribution < -0.4 is 10.6 Å². The van der Waals surface area contributed by atoms with Gasteiger partial charge in [-0.2, -0.15) is 0 Å². The van der Waals surface area contributed by atoms with E-state index in [1.165, 1.54) is 38.5 Å². The fourth-order valence-electron chi connectivity index (χ4n) is 6.04. The van der Waals surface area contributed by atoms with Crippen molar-refractivity contribution in [2.24, 2.45) is 23.2 Å². The van der Waals surface area contributed by atoms with Crippen LogP contribution in [0.2, 0.25) is 5.02 Å². The van der Waals surface area contributed by atoms with Gasteiger partial charge >= 0.3 is 0 Å². The molecule has 4 aliphatic rings. The molecular weight excluding hydrogens is 348 g/mol. The summed E-state index contributed by atoms with van der Waals surface area (Å²) in [6.07, 6.45) is 8.13. The van der Waals surface area contributed by atoms with E-state index in [9.17, 15) is 4.79 Å². The second-order valence-corrected chi connectivity index (χ2v) is 9.22. The molecule has 1 aromatic carbocycles. The molecule has 0 unspecified atom stereocenters. The lowest BCUT2D eigenvalue weighted by Gasteiger charge is -2.56. The molecule has 4 bridgehead atoms. The molecule has 1 amide bonds. The SMILES string of the molecule is O=C(NCC12CC3CC(CC(C3)C1)C2)c1cc(CNCCO)ccc1Cl. The molecule has 4 saturated carbocycles. The Labute approximate surface area is 160 Å². The van der Waals surface area contributed by atoms with Crippen molar-refractivity contribution in [3.05, 3.63) is 34.3 Å². The number of amides is 1. The van der Waals surface area contributed by atoms with Crippen molar-refractivity contribution >= 4 is 17.5 Å². The molecule has 0 radical (unpaired) electrons. The molecule has 26 heavy (non-hydrogen) atoms. The molecule has 0 atom stereocenters. The third-order valence-corrected chi connectivity index (χ3v) is 7.01. The highest BCUT2D eigenvalue weighted by Gasteiger charge is 2.50. The number of halogens is 1. The average Bonchev–Trinajstić information content (AvgIpc) is 2.60. The van der Waals surface area contributed by atoms with Crippen molar-refractivity contribution in [1.82, 2.24) is 10.6 Å². The molecule has 4 aliphatic carbocycles. The zero-order chi connectivity index (χ0) is 18.1. The first kappa shape index (κ1) is 18.3. The Balaban J connectivity index is 1.40. The third-order valence-electron chi connectivity index (χ3n) is 6.68. The number of hydrogen-bond acceptors (Lipinski definition) is 3. The molecule has 0 heterocycles. The smallest absolute Gasteiger partial charge is 0.252 e. The molecule has 5 heteroatoms. The van der Waals surface area contributed by atoms with Crippen LogP contribution in [0.25, 0.3) is 0 Å². The Bertz CT molecular complexity index is 641. The number of aliphatic hydroxyl groups is 1. The topological polar surface area (TPSA) is 61.4 Å². The van der Waals surface area contributed by atoms with Crippen molar-refractivity contribution in [2.75, 3.05) is 19.7 Å². The number of hydrogen-bond donors (Lipinski definition) is 3. The zero-order valence-corrected chi connectivity index (χ0v) is 16.0. The predicted octanol–water partition coefficient (Wildman–Crippen LogP) is 3.37. The minimum atomic E-state index is -0.0604. The van der Waals surface area contributed by atoms with E-state index in [2.05, 4.69) is 10.6 Å². The summed E-state index contributed by atoms with van der Waals surface area (Å²) in [7, 11) is 0. The summed E-state index contributed by atoms with van der Waals surface area (Å²) in [6, 6.07) is 5.57. The van der Waals surface area contributed by atoms with Crippen LogP contribution in [0.3, 0.4) is 0 Å². The number of benzene rings is 1. The van der Waals surface area contributed by atoms with Crippen LogP contribution in [0.15, 0.2) is 18.2 Å². The number of nitrogens with one attached hydrogen (secondary N) is 2. The number of carbonyl (C=O) groups excluding carboxylic acids is 1. The maximum atomic E-state index is 12.8. The lowest BCUT2D eigenvalue weighted by atomic mass is 9.49. The highest BCUT2D eigenvalue weighted by molar-refractivity contribution is 6.33. The lowest BCUT2D eigenvalue weighted by Crippen LogP contribution is -2.51. The number of carbonyl (C=O) groups is 1. The molecular formula is C21H29ClN2O2. The monoisotopic (exact) mass is 376 g/mol.